The SMILES string of the molecule is FC1CC(F)C(C2CCC(N(C3CCCCC3)C3CCCC4C5CCC6SC7CCCCC7C6C5OC43)CC2)C(F)C1. The summed E-state index contributed by atoms with van der Waals surface area (Å²) in [4.78, 5) is 3.01. The molecule has 0 aromatic carbocycles. The minimum absolute atomic E-state index is 0.0805. The van der Waals surface area contributed by atoms with Gasteiger partial charge in [0.2, 0.25) is 0 Å². The summed E-state index contributed by atoms with van der Waals surface area (Å²) in [6.45, 7) is 0. The van der Waals surface area contributed by atoms with Gasteiger partial charge >= 0.3 is 0 Å². The molecule has 42 heavy (non-hydrogen) atoms. The summed E-state index contributed by atoms with van der Waals surface area (Å²) >= 11 is 2.36. The molecule has 6 heteroatoms. The van der Waals surface area contributed by atoms with E-state index in [4.69, 9.17) is 4.74 Å². The zero-order valence-electron chi connectivity index (χ0n) is 25.8. The number of thioether (sulfide) groups is 1. The monoisotopic (exact) mass is 607 g/mol. The normalized spacial score (nSPS) is 53.3. The fourth-order valence-corrected chi connectivity index (χ4v) is 14.6. The molecule has 8 rings (SSSR count). The average Bonchev–Trinajstić information content (AvgIpc) is 3.57. The molecule has 2 nitrogen and oxygen atoms in total. The Bertz CT molecular complexity index is 913. The summed E-state index contributed by atoms with van der Waals surface area (Å²) in [7, 11) is 0. The highest BCUT2D eigenvalue weighted by Crippen LogP contribution is 2.61. The van der Waals surface area contributed by atoms with Crippen molar-refractivity contribution in [3.8, 4) is 0 Å². The van der Waals surface area contributed by atoms with Gasteiger partial charge in [0, 0.05) is 53.3 Å². The van der Waals surface area contributed by atoms with Crippen LogP contribution in [-0.2, 0) is 4.74 Å². The molecule has 0 aromatic rings. The predicted molar refractivity (Wildman–Crippen MR) is 165 cm³/mol. The molecule has 6 aliphatic carbocycles. The third kappa shape index (κ3) is 5.23. The van der Waals surface area contributed by atoms with Crippen LogP contribution in [0.1, 0.15) is 128 Å². The Morgan fingerprint density at radius 1 is 0.524 bits per heavy atom. The fraction of sp³-hybridized carbons (Fsp3) is 1.00. The molecule has 0 amide bonds. The lowest BCUT2D eigenvalue weighted by atomic mass is 9.64. The molecule has 2 saturated heterocycles. The minimum Gasteiger partial charge on any atom is -0.372 e. The Morgan fingerprint density at radius 3 is 1.98 bits per heavy atom. The predicted octanol–water partition coefficient (Wildman–Crippen LogP) is 9.24. The summed E-state index contributed by atoms with van der Waals surface area (Å²) in [5.41, 5.74) is 0. The number of ether oxygens (including phenoxy) is 1. The zero-order valence-corrected chi connectivity index (χ0v) is 26.6. The maximum absolute atomic E-state index is 15.0. The van der Waals surface area contributed by atoms with Gasteiger partial charge in [0.1, 0.15) is 18.5 Å². The Hall–Kier alpha value is 0.0600. The first kappa shape index (κ1) is 29.5. The van der Waals surface area contributed by atoms with Crippen molar-refractivity contribution in [3.63, 3.8) is 0 Å². The standard InChI is InChI=1S/C36H56F3NOS/c37-22-19-28(38)33(29(39)20-22)21-13-15-24(16-14-21)40(23-7-2-1-3-8-23)30-11-6-10-25-26-17-18-32-34(36(26)41-35(25)30)27-9-4-5-12-31(27)42-32/h21-36H,1-20H2. The molecule has 0 N–H and O–H groups in total. The van der Waals surface area contributed by atoms with E-state index >= 15 is 0 Å². The first-order chi connectivity index (χ1) is 20.6. The Kier molecular flexibility index (Phi) is 8.66. The second-order valence-corrected chi connectivity index (χ2v) is 17.7. The molecule has 0 radical (unpaired) electrons. The van der Waals surface area contributed by atoms with Gasteiger partial charge in [-0.15, -0.1) is 0 Å². The van der Waals surface area contributed by atoms with Crippen LogP contribution in [0, 0.1) is 35.5 Å². The number of rotatable bonds is 4. The number of alkyl halides is 3. The maximum atomic E-state index is 15.0. The van der Waals surface area contributed by atoms with E-state index in [1.807, 2.05) is 0 Å². The van der Waals surface area contributed by atoms with Crippen LogP contribution in [0.3, 0.4) is 0 Å². The second kappa shape index (κ2) is 12.3. The zero-order chi connectivity index (χ0) is 28.4. The fourth-order valence-electron chi connectivity index (χ4n) is 12.5. The lowest BCUT2D eigenvalue weighted by molar-refractivity contribution is -0.0986. The van der Waals surface area contributed by atoms with Crippen molar-refractivity contribution in [1.82, 2.24) is 4.90 Å². The Labute approximate surface area is 257 Å². The smallest absolute Gasteiger partial charge is 0.109 e. The van der Waals surface area contributed by atoms with E-state index in [1.165, 1.54) is 89.9 Å². The number of halogens is 3. The molecule has 6 saturated carbocycles. The summed E-state index contributed by atoms with van der Waals surface area (Å²) < 4.78 is 51.3. The van der Waals surface area contributed by atoms with Crippen LogP contribution in [0.5, 0.6) is 0 Å². The molecule has 0 spiro atoms. The largest absolute Gasteiger partial charge is 0.372 e. The minimum atomic E-state index is -1.31. The van der Waals surface area contributed by atoms with Gasteiger partial charge in [0.25, 0.3) is 0 Å². The maximum Gasteiger partial charge on any atom is 0.109 e. The second-order valence-electron chi connectivity index (χ2n) is 16.2. The van der Waals surface area contributed by atoms with Crippen molar-refractivity contribution < 1.29 is 17.9 Å². The van der Waals surface area contributed by atoms with Gasteiger partial charge in [-0.05, 0) is 101 Å². The molecule has 2 aliphatic heterocycles. The molecular formula is C36H56F3NOS. The van der Waals surface area contributed by atoms with Gasteiger partial charge in [0.15, 0.2) is 0 Å². The van der Waals surface area contributed by atoms with E-state index in [0.29, 0.717) is 30.3 Å². The van der Waals surface area contributed by atoms with Crippen molar-refractivity contribution >= 4 is 11.8 Å². The molecule has 11 unspecified atom stereocenters. The lowest BCUT2D eigenvalue weighted by Gasteiger charge is -2.51. The van der Waals surface area contributed by atoms with E-state index in [0.717, 1.165) is 59.9 Å². The molecule has 238 valence electrons. The number of hydrogen-bond donors (Lipinski definition) is 0. The summed E-state index contributed by atoms with van der Waals surface area (Å²) in [5, 5.41) is 1.74. The van der Waals surface area contributed by atoms with E-state index in [1.54, 1.807) is 0 Å². The van der Waals surface area contributed by atoms with Crippen LogP contribution < -0.4 is 0 Å². The van der Waals surface area contributed by atoms with Crippen LogP contribution in [-0.4, -0.2) is 64.2 Å². The van der Waals surface area contributed by atoms with Gasteiger partial charge in [-0.2, -0.15) is 11.8 Å². The van der Waals surface area contributed by atoms with Crippen molar-refractivity contribution in [2.75, 3.05) is 0 Å². The Balaban J connectivity index is 1.01. The van der Waals surface area contributed by atoms with Gasteiger partial charge in [-0.3, -0.25) is 4.90 Å². The number of fused-ring (bicyclic) bond motifs is 7. The first-order valence-electron chi connectivity index (χ1n) is 18.6. The third-order valence-electron chi connectivity index (χ3n) is 14.2. The molecule has 0 aromatic heterocycles. The quantitative estimate of drug-likeness (QED) is 0.316. The average molecular weight is 608 g/mol. The van der Waals surface area contributed by atoms with Crippen molar-refractivity contribution in [1.29, 1.82) is 0 Å². The van der Waals surface area contributed by atoms with E-state index in [9.17, 15) is 13.2 Å². The van der Waals surface area contributed by atoms with Crippen molar-refractivity contribution in [2.45, 2.75) is 188 Å². The summed E-state index contributed by atoms with van der Waals surface area (Å²) in [6, 6.07) is 1.70. The Morgan fingerprint density at radius 2 is 1.19 bits per heavy atom. The molecule has 8 aliphatic rings. The van der Waals surface area contributed by atoms with Crippen LogP contribution in [0.15, 0.2) is 0 Å². The summed E-state index contributed by atoms with van der Waals surface area (Å²) in [6.07, 6.45) is 19.9. The highest BCUT2D eigenvalue weighted by Gasteiger charge is 2.60. The highest BCUT2D eigenvalue weighted by atomic mass is 32.2. The number of nitrogens with zero attached hydrogens (tertiary/aromatic N) is 1. The van der Waals surface area contributed by atoms with E-state index in [2.05, 4.69) is 16.7 Å². The van der Waals surface area contributed by atoms with Gasteiger partial charge in [0.05, 0.1) is 12.2 Å². The van der Waals surface area contributed by atoms with Gasteiger partial charge < -0.3 is 4.74 Å². The summed E-state index contributed by atoms with van der Waals surface area (Å²) in [5.74, 6) is 2.71. The van der Waals surface area contributed by atoms with Gasteiger partial charge in [-0.1, -0.05) is 38.5 Å². The van der Waals surface area contributed by atoms with Crippen molar-refractivity contribution in [3.05, 3.63) is 0 Å². The van der Waals surface area contributed by atoms with Crippen LogP contribution in [0.2, 0.25) is 0 Å². The van der Waals surface area contributed by atoms with Crippen LogP contribution in [0.25, 0.3) is 0 Å². The number of hydrogen-bond acceptors (Lipinski definition) is 3. The molecule has 0 bridgehead atoms. The van der Waals surface area contributed by atoms with Crippen LogP contribution in [0.4, 0.5) is 13.2 Å². The van der Waals surface area contributed by atoms with Crippen molar-refractivity contribution in [2.24, 2.45) is 35.5 Å². The third-order valence-corrected chi connectivity index (χ3v) is 16.0. The first-order valence-corrected chi connectivity index (χ1v) is 19.5. The van der Waals surface area contributed by atoms with E-state index < -0.39 is 24.4 Å². The topological polar surface area (TPSA) is 12.5 Å². The highest BCUT2D eigenvalue weighted by molar-refractivity contribution is 8.00. The van der Waals surface area contributed by atoms with Gasteiger partial charge in [-0.25, -0.2) is 13.2 Å². The van der Waals surface area contributed by atoms with E-state index in [-0.39, 0.29) is 18.8 Å². The molecule has 2 heterocycles. The van der Waals surface area contributed by atoms with Crippen LogP contribution >= 0.6 is 11.8 Å². The molecule has 8 fully saturated rings. The molecular weight excluding hydrogens is 551 g/mol. The molecule has 11 atom stereocenters. The lowest BCUT2D eigenvalue weighted by Crippen LogP contribution is -2.58.